The van der Waals surface area contributed by atoms with E-state index < -0.39 is 11.6 Å². The number of hydrogen-bond donors (Lipinski definition) is 2. The minimum atomic E-state index is -0.438. The van der Waals surface area contributed by atoms with Crippen molar-refractivity contribution in [1.29, 1.82) is 0 Å². The van der Waals surface area contributed by atoms with Crippen molar-refractivity contribution in [3.8, 4) is 0 Å². The molecule has 6 nitrogen and oxygen atoms in total. The fourth-order valence-electron chi connectivity index (χ4n) is 3.11. The van der Waals surface area contributed by atoms with Crippen molar-refractivity contribution in [3.05, 3.63) is 95.8 Å². The van der Waals surface area contributed by atoms with E-state index in [0.717, 1.165) is 11.4 Å². The smallest absolute Gasteiger partial charge is 0.228 e. The molecule has 2 N–H and O–H groups in total. The van der Waals surface area contributed by atoms with Crippen LogP contribution in [0, 0.1) is 0 Å². The second-order valence-electron chi connectivity index (χ2n) is 6.22. The Bertz CT molecular complexity index is 943. The van der Waals surface area contributed by atoms with Crippen LogP contribution >= 0.6 is 0 Å². The molecule has 134 valence electrons. The Balaban J connectivity index is 1.68. The van der Waals surface area contributed by atoms with Crippen molar-refractivity contribution >= 4 is 22.9 Å². The Morgan fingerprint density at radius 1 is 0.778 bits per heavy atom. The van der Waals surface area contributed by atoms with Crippen LogP contribution in [0.1, 0.15) is 0 Å². The highest BCUT2D eigenvalue weighted by atomic mass is 16.3. The summed E-state index contributed by atoms with van der Waals surface area (Å²) >= 11 is 0. The standard InChI is InChI=1S/C21H16N2O4/c24-18-9-3-5-14(20(18)26)11-22-13-23(17-8-2-1-7-16(17)22)12-15-6-4-10-19(25)21(15)27/h1-12,24-25H,13H2/b14-11+,15-12+. The third kappa shape index (κ3) is 2.97. The monoisotopic (exact) mass is 360 g/mol. The molecular weight excluding hydrogens is 344 g/mol. The first-order valence-electron chi connectivity index (χ1n) is 8.34. The van der Waals surface area contributed by atoms with Gasteiger partial charge >= 0.3 is 0 Å². The van der Waals surface area contributed by atoms with Gasteiger partial charge in [0.15, 0.2) is 11.5 Å². The first-order valence-corrected chi connectivity index (χ1v) is 8.34. The highest BCUT2D eigenvalue weighted by molar-refractivity contribution is 6.11. The number of para-hydroxylation sites is 2. The van der Waals surface area contributed by atoms with Crippen molar-refractivity contribution in [2.75, 3.05) is 16.5 Å². The largest absolute Gasteiger partial charge is 0.504 e. The third-order valence-corrected chi connectivity index (χ3v) is 4.44. The zero-order valence-corrected chi connectivity index (χ0v) is 14.2. The Labute approximate surface area is 155 Å². The summed E-state index contributed by atoms with van der Waals surface area (Å²) in [5, 5.41) is 19.3. The molecule has 3 aliphatic rings. The molecule has 6 heteroatoms. The van der Waals surface area contributed by atoms with Crippen LogP contribution in [0.25, 0.3) is 0 Å². The lowest BCUT2D eigenvalue weighted by Crippen LogP contribution is -2.25. The molecule has 0 atom stereocenters. The van der Waals surface area contributed by atoms with Gasteiger partial charge in [-0.25, -0.2) is 0 Å². The quantitative estimate of drug-likeness (QED) is 0.789. The number of hydrogen-bond acceptors (Lipinski definition) is 6. The number of rotatable bonds is 2. The van der Waals surface area contributed by atoms with Crippen molar-refractivity contribution in [2.45, 2.75) is 0 Å². The van der Waals surface area contributed by atoms with Crippen molar-refractivity contribution < 1.29 is 19.8 Å². The average molecular weight is 360 g/mol. The highest BCUT2D eigenvalue weighted by Crippen LogP contribution is 2.37. The fraction of sp³-hybridized carbons (Fsp3) is 0.0476. The summed E-state index contributed by atoms with van der Waals surface area (Å²) in [5.74, 6) is -1.47. The molecule has 0 amide bonds. The van der Waals surface area contributed by atoms with Crippen LogP contribution in [-0.4, -0.2) is 28.4 Å². The van der Waals surface area contributed by atoms with Crippen LogP contribution in [0.4, 0.5) is 11.4 Å². The molecule has 0 fully saturated rings. The molecule has 0 spiro atoms. The number of carbonyl (C=O) groups is 2. The second kappa shape index (κ2) is 6.49. The van der Waals surface area contributed by atoms with Crippen molar-refractivity contribution in [3.63, 3.8) is 0 Å². The van der Waals surface area contributed by atoms with E-state index in [-0.39, 0.29) is 11.5 Å². The molecule has 0 unspecified atom stereocenters. The lowest BCUT2D eigenvalue weighted by atomic mass is 10.1. The average Bonchev–Trinajstić information content (AvgIpc) is 3.01. The zero-order chi connectivity index (χ0) is 19.0. The zero-order valence-electron chi connectivity index (χ0n) is 14.2. The molecule has 0 bridgehead atoms. The molecule has 2 aliphatic carbocycles. The number of aliphatic hydroxyl groups is 2. The molecular formula is C21H16N2O4. The van der Waals surface area contributed by atoms with E-state index >= 15 is 0 Å². The summed E-state index contributed by atoms with van der Waals surface area (Å²) in [4.78, 5) is 28.0. The van der Waals surface area contributed by atoms with Gasteiger partial charge < -0.3 is 20.0 Å². The van der Waals surface area contributed by atoms with Gasteiger partial charge in [0, 0.05) is 23.5 Å². The number of nitrogens with zero attached hydrogens (tertiary/aromatic N) is 2. The molecule has 4 rings (SSSR count). The minimum absolute atomic E-state index is 0.296. The maximum Gasteiger partial charge on any atom is 0.228 e. The van der Waals surface area contributed by atoms with Crippen LogP contribution in [0.5, 0.6) is 0 Å². The predicted octanol–water partition coefficient (Wildman–Crippen LogP) is 3.20. The van der Waals surface area contributed by atoms with Crippen molar-refractivity contribution in [2.24, 2.45) is 0 Å². The van der Waals surface area contributed by atoms with Crippen LogP contribution < -0.4 is 9.80 Å². The molecule has 0 saturated carbocycles. The van der Waals surface area contributed by atoms with Gasteiger partial charge in [0.2, 0.25) is 11.6 Å². The minimum Gasteiger partial charge on any atom is -0.504 e. The maximum atomic E-state index is 12.1. The fourth-order valence-corrected chi connectivity index (χ4v) is 3.11. The first kappa shape index (κ1) is 16.7. The van der Waals surface area contributed by atoms with Crippen LogP contribution in [0.3, 0.4) is 0 Å². The van der Waals surface area contributed by atoms with Crippen molar-refractivity contribution in [1.82, 2.24) is 0 Å². The van der Waals surface area contributed by atoms with Crippen LogP contribution in [-0.2, 0) is 9.59 Å². The number of anilines is 2. The maximum absolute atomic E-state index is 12.1. The third-order valence-electron chi connectivity index (χ3n) is 4.44. The molecule has 1 aromatic rings. The number of carbonyl (C=O) groups excluding carboxylic acids is 2. The number of benzene rings is 1. The van der Waals surface area contributed by atoms with Gasteiger partial charge in [-0.1, -0.05) is 24.3 Å². The van der Waals surface area contributed by atoms with Gasteiger partial charge in [0.25, 0.3) is 0 Å². The highest BCUT2D eigenvalue weighted by Gasteiger charge is 2.26. The summed E-state index contributed by atoms with van der Waals surface area (Å²) in [7, 11) is 0. The van der Waals surface area contributed by atoms with E-state index in [1.807, 2.05) is 34.1 Å². The number of Topliss-reactive ketones (excluding diaryl/α,β-unsaturated/α-hetero) is 2. The van der Waals surface area contributed by atoms with E-state index in [2.05, 4.69) is 0 Å². The van der Waals surface area contributed by atoms with E-state index in [1.165, 1.54) is 12.2 Å². The van der Waals surface area contributed by atoms with E-state index in [1.54, 1.807) is 36.7 Å². The SMILES string of the molecule is O=C1C(O)=CC=C/C1=C\N1CN(/C=C2\C=CC=C(O)C2=O)c2ccccc21. The molecule has 0 saturated heterocycles. The summed E-state index contributed by atoms with van der Waals surface area (Å²) in [6, 6.07) is 7.59. The van der Waals surface area contributed by atoms with Gasteiger partial charge in [0.05, 0.1) is 18.0 Å². The van der Waals surface area contributed by atoms with Crippen LogP contribution in [0.15, 0.2) is 95.8 Å². The Kier molecular flexibility index (Phi) is 4.01. The molecule has 0 radical (unpaired) electrons. The molecule has 1 aromatic carbocycles. The molecule has 27 heavy (non-hydrogen) atoms. The topological polar surface area (TPSA) is 81.1 Å². The molecule has 1 aliphatic heterocycles. The lowest BCUT2D eigenvalue weighted by Gasteiger charge is -2.18. The summed E-state index contributed by atoms with van der Waals surface area (Å²) in [5.41, 5.74) is 2.47. The summed E-state index contributed by atoms with van der Waals surface area (Å²) < 4.78 is 0. The normalized spacial score (nSPS) is 21.8. The Morgan fingerprint density at radius 2 is 1.22 bits per heavy atom. The number of fused-ring (bicyclic) bond motifs is 1. The van der Waals surface area contributed by atoms with Gasteiger partial charge in [-0.15, -0.1) is 0 Å². The van der Waals surface area contributed by atoms with Gasteiger partial charge in [-0.2, -0.15) is 0 Å². The molecule has 0 aromatic heterocycles. The Morgan fingerprint density at radius 3 is 1.67 bits per heavy atom. The van der Waals surface area contributed by atoms with E-state index in [4.69, 9.17) is 0 Å². The lowest BCUT2D eigenvalue weighted by molar-refractivity contribution is -0.115. The van der Waals surface area contributed by atoms with E-state index in [0.29, 0.717) is 17.8 Å². The summed E-state index contributed by atoms with van der Waals surface area (Å²) in [6.45, 7) is 0.379. The number of allylic oxidation sites excluding steroid dienone is 8. The number of aliphatic hydroxyl groups excluding tert-OH is 2. The first-order chi connectivity index (χ1) is 13.0. The van der Waals surface area contributed by atoms with Crippen LogP contribution in [0.2, 0.25) is 0 Å². The number of ketones is 2. The van der Waals surface area contributed by atoms with Gasteiger partial charge in [-0.05, 0) is 36.4 Å². The molecule has 1 heterocycles. The Hall–Kier alpha value is -3.80. The summed E-state index contributed by atoms with van der Waals surface area (Å²) in [6.07, 6.45) is 12.6. The van der Waals surface area contributed by atoms with Gasteiger partial charge in [0.1, 0.15) is 0 Å². The van der Waals surface area contributed by atoms with Gasteiger partial charge in [-0.3, -0.25) is 9.59 Å². The predicted molar refractivity (Wildman–Crippen MR) is 102 cm³/mol. The van der Waals surface area contributed by atoms with E-state index in [9.17, 15) is 19.8 Å². The second-order valence-corrected chi connectivity index (χ2v) is 6.22.